The molecule has 0 unspecified atom stereocenters. The molecule has 0 N–H and O–H groups in total. The van der Waals surface area contributed by atoms with Gasteiger partial charge in [0.2, 0.25) is 0 Å². The lowest BCUT2D eigenvalue weighted by atomic mass is 10.2. The number of benzene rings is 1. The quantitative estimate of drug-likeness (QED) is 0.532. The van der Waals surface area contributed by atoms with Crippen molar-refractivity contribution in [3.05, 3.63) is 40.9 Å². The number of nitrogens with zero attached hydrogens (tertiary/aromatic N) is 2. The van der Waals surface area contributed by atoms with E-state index in [4.69, 9.17) is 11.6 Å². The molecule has 2 aromatic rings. The van der Waals surface area contributed by atoms with Crippen molar-refractivity contribution in [1.82, 2.24) is 9.78 Å². The predicted octanol–water partition coefficient (Wildman–Crippen LogP) is 5.30. The highest BCUT2D eigenvalue weighted by atomic mass is 35.5. The summed E-state index contributed by atoms with van der Waals surface area (Å²) in [6.45, 7) is 0. The molecule has 1 aromatic carbocycles. The number of thioether (sulfide) groups is 1. The Hall–Kier alpha value is -1.42. The SMILES string of the molecule is Fc1cc(C(F)(F)F)cc(Cl)c1-n1cc(SC(F)(F)F)cn1. The first kappa shape index (κ1) is 16.9. The van der Waals surface area contributed by atoms with E-state index in [2.05, 4.69) is 5.10 Å². The molecule has 0 bridgehead atoms. The van der Waals surface area contributed by atoms with Crippen LogP contribution in [0.2, 0.25) is 5.02 Å². The Morgan fingerprint density at radius 1 is 1.09 bits per heavy atom. The van der Waals surface area contributed by atoms with Crippen LogP contribution in [-0.2, 0) is 6.18 Å². The fourth-order valence-electron chi connectivity index (χ4n) is 1.56. The van der Waals surface area contributed by atoms with Gasteiger partial charge in [-0.1, -0.05) is 11.6 Å². The van der Waals surface area contributed by atoms with Crippen molar-refractivity contribution >= 4 is 23.4 Å². The van der Waals surface area contributed by atoms with E-state index in [1.807, 2.05) is 0 Å². The van der Waals surface area contributed by atoms with E-state index in [1.54, 1.807) is 0 Å². The Labute approximate surface area is 127 Å². The van der Waals surface area contributed by atoms with E-state index in [-0.39, 0.29) is 11.0 Å². The van der Waals surface area contributed by atoms with Gasteiger partial charge in [-0.15, -0.1) is 0 Å². The van der Waals surface area contributed by atoms with Crippen LogP contribution in [0.1, 0.15) is 5.56 Å². The molecule has 2 rings (SSSR count). The van der Waals surface area contributed by atoms with Crippen LogP contribution in [0.4, 0.5) is 30.7 Å². The van der Waals surface area contributed by atoms with Crippen molar-refractivity contribution in [2.45, 2.75) is 16.6 Å². The summed E-state index contributed by atoms with van der Waals surface area (Å²) in [6, 6.07) is 0.664. The number of hydrogen-bond donors (Lipinski definition) is 0. The van der Waals surface area contributed by atoms with Crippen molar-refractivity contribution in [3.8, 4) is 5.69 Å². The molecule has 0 aliphatic carbocycles. The molecular formula is C11H4ClF7N2S. The van der Waals surface area contributed by atoms with Crippen LogP contribution in [0.5, 0.6) is 0 Å². The molecule has 11 heteroatoms. The van der Waals surface area contributed by atoms with Gasteiger partial charge in [-0.25, -0.2) is 9.07 Å². The molecular weight excluding hydrogens is 361 g/mol. The van der Waals surface area contributed by atoms with Crippen molar-refractivity contribution in [1.29, 1.82) is 0 Å². The van der Waals surface area contributed by atoms with Gasteiger partial charge in [-0.05, 0) is 23.9 Å². The maximum atomic E-state index is 13.8. The van der Waals surface area contributed by atoms with Crippen LogP contribution < -0.4 is 0 Å². The van der Waals surface area contributed by atoms with E-state index in [0.29, 0.717) is 10.7 Å². The van der Waals surface area contributed by atoms with Crippen molar-refractivity contribution < 1.29 is 30.7 Å². The Morgan fingerprint density at radius 3 is 2.23 bits per heavy atom. The molecule has 0 saturated heterocycles. The molecule has 0 aliphatic rings. The molecule has 0 saturated carbocycles. The zero-order valence-electron chi connectivity index (χ0n) is 10.1. The molecule has 22 heavy (non-hydrogen) atoms. The van der Waals surface area contributed by atoms with Crippen LogP contribution in [0.3, 0.4) is 0 Å². The number of hydrogen-bond acceptors (Lipinski definition) is 2. The largest absolute Gasteiger partial charge is 0.446 e. The average Bonchev–Trinajstić information content (AvgIpc) is 2.72. The minimum atomic E-state index is -4.80. The van der Waals surface area contributed by atoms with Crippen LogP contribution in [0, 0.1) is 5.82 Å². The summed E-state index contributed by atoms with van der Waals surface area (Å²) in [5.41, 5.74) is -6.45. The van der Waals surface area contributed by atoms with E-state index in [0.717, 1.165) is 12.4 Å². The lowest BCUT2D eigenvalue weighted by molar-refractivity contribution is -0.137. The third-order valence-electron chi connectivity index (χ3n) is 2.37. The molecule has 0 aliphatic heterocycles. The van der Waals surface area contributed by atoms with Crippen LogP contribution in [0.25, 0.3) is 5.69 Å². The van der Waals surface area contributed by atoms with Crippen molar-refractivity contribution in [2.24, 2.45) is 0 Å². The zero-order valence-corrected chi connectivity index (χ0v) is 11.7. The Balaban J connectivity index is 2.42. The molecule has 2 nitrogen and oxygen atoms in total. The van der Waals surface area contributed by atoms with Gasteiger partial charge in [0.25, 0.3) is 0 Å². The lowest BCUT2D eigenvalue weighted by Gasteiger charge is -2.11. The highest BCUT2D eigenvalue weighted by Gasteiger charge is 2.33. The van der Waals surface area contributed by atoms with Crippen molar-refractivity contribution in [2.75, 3.05) is 0 Å². The van der Waals surface area contributed by atoms with E-state index >= 15 is 0 Å². The fraction of sp³-hybridized carbons (Fsp3) is 0.182. The van der Waals surface area contributed by atoms with Crippen LogP contribution in [0.15, 0.2) is 29.4 Å². The van der Waals surface area contributed by atoms with Gasteiger partial charge in [0.05, 0.1) is 21.7 Å². The Morgan fingerprint density at radius 2 is 1.73 bits per heavy atom. The molecule has 0 fully saturated rings. The first-order valence-corrected chi connectivity index (χ1v) is 6.54. The molecule has 1 heterocycles. The third-order valence-corrected chi connectivity index (χ3v) is 3.33. The highest BCUT2D eigenvalue weighted by Crippen LogP contribution is 2.38. The topological polar surface area (TPSA) is 17.8 Å². The molecule has 0 amide bonds. The second-order valence-corrected chi connectivity index (χ2v) is 5.50. The smallest absolute Gasteiger partial charge is 0.235 e. The molecule has 0 atom stereocenters. The van der Waals surface area contributed by atoms with Crippen molar-refractivity contribution in [3.63, 3.8) is 0 Å². The minimum absolute atomic E-state index is 0.194. The summed E-state index contributed by atoms with van der Waals surface area (Å²) < 4.78 is 88.5. The Bertz CT molecular complexity index is 669. The number of aromatic nitrogens is 2. The average molecular weight is 365 g/mol. The third kappa shape index (κ3) is 3.86. The summed E-state index contributed by atoms with van der Waals surface area (Å²) in [4.78, 5) is -0.358. The van der Waals surface area contributed by atoms with Gasteiger partial charge >= 0.3 is 11.7 Å². The van der Waals surface area contributed by atoms with Gasteiger partial charge in [0, 0.05) is 6.20 Å². The van der Waals surface area contributed by atoms with Gasteiger partial charge in [0.15, 0.2) is 5.82 Å². The molecule has 120 valence electrons. The first-order chi connectivity index (χ1) is 9.97. The zero-order chi connectivity index (χ0) is 16.7. The molecule has 0 radical (unpaired) electrons. The van der Waals surface area contributed by atoms with E-state index < -0.39 is 45.5 Å². The number of halogens is 8. The van der Waals surface area contributed by atoms with Crippen LogP contribution >= 0.6 is 23.4 Å². The second kappa shape index (κ2) is 5.65. The summed E-state index contributed by atoms with van der Waals surface area (Å²) in [7, 11) is 0. The van der Waals surface area contributed by atoms with Gasteiger partial charge in [-0.2, -0.15) is 31.4 Å². The number of rotatable bonds is 2. The second-order valence-electron chi connectivity index (χ2n) is 3.95. The summed E-state index contributed by atoms with van der Waals surface area (Å²) in [5.74, 6) is -1.36. The maximum absolute atomic E-state index is 13.8. The maximum Gasteiger partial charge on any atom is 0.446 e. The molecule has 1 aromatic heterocycles. The normalized spacial score (nSPS) is 12.7. The predicted molar refractivity (Wildman–Crippen MR) is 65.4 cm³/mol. The summed E-state index contributed by atoms with van der Waals surface area (Å²) >= 11 is 5.09. The highest BCUT2D eigenvalue weighted by molar-refractivity contribution is 8.00. The van der Waals surface area contributed by atoms with E-state index in [1.165, 1.54) is 0 Å². The van der Waals surface area contributed by atoms with Gasteiger partial charge < -0.3 is 0 Å². The van der Waals surface area contributed by atoms with Gasteiger partial charge in [-0.3, -0.25) is 0 Å². The lowest BCUT2D eigenvalue weighted by Crippen LogP contribution is -2.08. The monoisotopic (exact) mass is 364 g/mol. The van der Waals surface area contributed by atoms with Gasteiger partial charge in [0.1, 0.15) is 5.69 Å². The standard InChI is InChI=1S/C11H4ClF7N2S/c12-7-1-5(10(14,15)16)2-8(13)9(7)21-4-6(3-20-21)22-11(17,18)19/h1-4H. The Kier molecular flexibility index (Phi) is 4.35. The summed E-state index contributed by atoms with van der Waals surface area (Å²) in [6.07, 6.45) is -3.19. The fourth-order valence-corrected chi connectivity index (χ4v) is 2.38. The van der Waals surface area contributed by atoms with E-state index in [9.17, 15) is 30.7 Å². The molecule has 0 spiro atoms. The number of alkyl halides is 6. The minimum Gasteiger partial charge on any atom is -0.235 e. The summed E-state index contributed by atoms with van der Waals surface area (Å²) in [5, 5.41) is 2.85. The first-order valence-electron chi connectivity index (χ1n) is 5.34. The van der Waals surface area contributed by atoms with Crippen LogP contribution in [-0.4, -0.2) is 15.3 Å².